The number of carboxylic acids is 1. The zero-order valence-electron chi connectivity index (χ0n) is 26.7. The minimum Gasteiger partial charge on any atom is -0.487 e. The number of aliphatic imine (C=N–C) groups is 1. The SMILES string of the molecule is Cc1c(C)c(S(=O)(=O)NC(N)=NCCC[C@H](NC(=O)c2ccc(Cc3ccccc3)[nH]c2=O)C(=O)O)c(C)c2c1OC(C)(C)CC2. The second kappa shape index (κ2) is 13.8. The molecule has 0 aliphatic carbocycles. The Morgan fingerprint density at radius 1 is 1.09 bits per heavy atom. The van der Waals surface area contributed by atoms with E-state index in [1.165, 1.54) is 6.07 Å². The minimum absolute atomic E-state index is 0.00707. The van der Waals surface area contributed by atoms with Crippen molar-refractivity contribution in [3.63, 3.8) is 0 Å². The first-order chi connectivity index (χ1) is 21.6. The Balaban J connectivity index is 1.36. The van der Waals surface area contributed by atoms with Crippen LogP contribution in [0.25, 0.3) is 0 Å². The molecule has 46 heavy (non-hydrogen) atoms. The van der Waals surface area contributed by atoms with Gasteiger partial charge < -0.3 is 25.9 Å². The van der Waals surface area contributed by atoms with Gasteiger partial charge in [-0.05, 0) is 100 Å². The number of amides is 1. The largest absolute Gasteiger partial charge is 0.487 e. The topological polar surface area (TPSA) is 193 Å². The van der Waals surface area contributed by atoms with Crippen LogP contribution >= 0.6 is 0 Å². The summed E-state index contributed by atoms with van der Waals surface area (Å²) in [4.78, 5) is 44.0. The summed E-state index contributed by atoms with van der Waals surface area (Å²) in [6.45, 7) is 9.31. The van der Waals surface area contributed by atoms with Crippen LogP contribution in [0.5, 0.6) is 5.75 Å². The number of aromatic nitrogens is 1. The highest BCUT2D eigenvalue weighted by atomic mass is 32.2. The molecule has 13 heteroatoms. The normalized spacial score (nSPS) is 14.9. The van der Waals surface area contributed by atoms with Crippen LogP contribution in [0.1, 0.15) is 77.0 Å². The molecule has 4 rings (SSSR count). The molecule has 1 amide bonds. The summed E-state index contributed by atoms with van der Waals surface area (Å²) in [6, 6.07) is 11.2. The molecular formula is C33H41N5O7S. The molecule has 246 valence electrons. The van der Waals surface area contributed by atoms with Crippen molar-refractivity contribution >= 4 is 27.9 Å². The lowest BCUT2D eigenvalue weighted by Gasteiger charge is -2.35. The van der Waals surface area contributed by atoms with Gasteiger partial charge >= 0.3 is 5.97 Å². The Hall–Kier alpha value is -4.65. The van der Waals surface area contributed by atoms with Crippen LogP contribution < -0.4 is 26.1 Å². The number of guanidine groups is 1. The predicted molar refractivity (Wildman–Crippen MR) is 175 cm³/mol. The molecule has 0 bridgehead atoms. The lowest BCUT2D eigenvalue weighted by atomic mass is 9.88. The number of nitrogens with zero attached hydrogens (tertiary/aromatic N) is 1. The highest BCUT2D eigenvalue weighted by Crippen LogP contribution is 2.42. The second-order valence-electron chi connectivity index (χ2n) is 12.1. The van der Waals surface area contributed by atoms with Crippen molar-refractivity contribution in [1.29, 1.82) is 0 Å². The van der Waals surface area contributed by atoms with E-state index in [-0.39, 0.29) is 41.4 Å². The summed E-state index contributed by atoms with van der Waals surface area (Å²) in [6.07, 6.45) is 2.02. The number of hydrogen-bond acceptors (Lipinski definition) is 7. The van der Waals surface area contributed by atoms with E-state index in [1.807, 2.05) is 51.1 Å². The van der Waals surface area contributed by atoms with E-state index in [0.29, 0.717) is 29.7 Å². The smallest absolute Gasteiger partial charge is 0.326 e. The number of carbonyl (C=O) groups is 2. The zero-order chi connectivity index (χ0) is 33.8. The monoisotopic (exact) mass is 651 g/mol. The molecule has 0 fully saturated rings. The van der Waals surface area contributed by atoms with Gasteiger partial charge in [0, 0.05) is 18.7 Å². The Labute approximate surface area is 268 Å². The number of pyridine rings is 1. The van der Waals surface area contributed by atoms with Crippen molar-refractivity contribution in [1.82, 2.24) is 15.0 Å². The van der Waals surface area contributed by atoms with Crippen molar-refractivity contribution < 1.29 is 27.9 Å². The highest BCUT2D eigenvalue weighted by molar-refractivity contribution is 7.90. The van der Waals surface area contributed by atoms with Crippen LogP contribution in [-0.2, 0) is 27.7 Å². The van der Waals surface area contributed by atoms with Gasteiger partial charge in [-0.2, -0.15) is 0 Å². The quantitative estimate of drug-likeness (QED) is 0.118. The third-order valence-corrected chi connectivity index (χ3v) is 9.79. The van der Waals surface area contributed by atoms with Gasteiger partial charge in [0.05, 0.1) is 4.90 Å². The number of aromatic amines is 1. The Kier molecular flexibility index (Phi) is 10.2. The Morgan fingerprint density at radius 2 is 1.78 bits per heavy atom. The molecule has 6 N–H and O–H groups in total. The number of rotatable bonds is 11. The first-order valence-electron chi connectivity index (χ1n) is 15.0. The first kappa shape index (κ1) is 34.2. The second-order valence-corrected chi connectivity index (χ2v) is 13.8. The molecule has 1 atom stereocenters. The first-order valence-corrected chi connectivity index (χ1v) is 16.5. The third-order valence-electron chi connectivity index (χ3n) is 8.16. The van der Waals surface area contributed by atoms with Crippen LogP contribution in [-0.4, -0.2) is 54.5 Å². The van der Waals surface area contributed by atoms with Gasteiger partial charge in [0.1, 0.15) is 23.0 Å². The number of carbonyl (C=O) groups excluding carboxylic acids is 1. The van der Waals surface area contributed by atoms with Gasteiger partial charge in [-0.25, -0.2) is 17.9 Å². The predicted octanol–water partition coefficient (Wildman–Crippen LogP) is 3.25. The van der Waals surface area contributed by atoms with E-state index < -0.39 is 33.5 Å². The third kappa shape index (κ3) is 7.94. The summed E-state index contributed by atoms with van der Waals surface area (Å²) in [5.41, 5.74) is 9.09. The van der Waals surface area contributed by atoms with Crippen molar-refractivity contribution in [3.05, 3.63) is 91.9 Å². The fourth-order valence-corrected chi connectivity index (χ4v) is 7.10. The van der Waals surface area contributed by atoms with Crippen molar-refractivity contribution in [2.24, 2.45) is 10.7 Å². The van der Waals surface area contributed by atoms with Crippen LogP contribution in [0.2, 0.25) is 0 Å². The average Bonchev–Trinajstić information content (AvgIpc) is 2.97. The lowest BCUT2D eigenvalue weighted by Crippen LogP contribution is -2.42. The molecule has 0 saturated heterocycles. The summed E-state index contributed by atoms with van der Waals surface area (Å²) in [5.74, 6) is -1.74. The minimum atomic E-state index is -4.09. The van der Waals surface area contributed by atoms with Gasteiger partial charge in [-0.3, -0.25) is 14.6 Å². The van der Waals surface area contributed by atoms with Crippen LogP contribution in [0, 0.1) is 20.8 Å². The number of ether oxygens (including phenoxy) is 1. The van der Waals surface area contributed by atoms with E-state index in [9.17, 15) is 27.9 Å². The van der Waals surface area contributed by atoms with E-state index in [1.54, 1.807) is 19.9 Å². The molecule has 0 unspecified atom stereocenters. The van der Waals surface area contributed by atoms with Crippen molar-refractivity contribution in [3.8, 4) is 5.75 Å². The van der Waals surface area contributed by atoms with Gasteiger partial charge in [0.15, 0.2) is 0 Å². The summed E-state index contributed by atoms with van der Waals surface area (Å²) >= 11 is 0. The van der Waals surface area contributed by atoms with Crippen molar-refractivity contribution in [2.75, 3.05) is 6.54 Å². The fourth-order valence-electron chi connectivity index (χ4n) is 5.57. The van der Waals surface area contributed by atoms with E-state index in [2.05, 4.69) is 20.0 Å². The van der Waals surface area contributed by atoms with E-state index >= 15 is 0 Å². The van der Waals surface area contributed by atoms with Crippen LogP contribution in [0.4, 0.5) is 0 Å². The number of hydrogen-bond donors (Lipinski definition) is 5. The summed E-state index contributed by atoms with van der Waals surface area (Å²) in [5, 5.41) is 12.0. The number of H-pyrrole nitrogens is 1. The van der Waals surface area contributed by atoms with Gasteiger partial charge in [0.2, 0.25) is 5.96 Å². The lowest BCUT2D eigenvalue weighted by molar-refractivity contribution is -0.139. The summed E-state index contributed by atoms with van der Waals surface area (Å²) in [7, 11) is -4.09. The number of nitrogens with one attached hydrogen (secondary N) is 3. The van der Waals surface area contributed by atoms with E-state index in [0.717, 1.165) is 28.9 Å². The molecule has 2 heterocycles. The molecule has 1 aliphatic heterocycles. The summed E-state index contributed by atoms with van der Waals surface area (Å²) < 4.78 is 35.3. The van der Waals surface area contributed by atoms with Crippen LogP contribution in [0.3, 0.4) is 0 Å². The number of nitrogens with two attached hydrogens (primary N) is 1. The van der Waals surface area contributed by atoms with Gasteiger partial charge in [-0.15, -0.1) is 0 Å². The molecule has 0 spiro atoms. The molecule has 1 aromatic heterocycles. The molecule has 0 saturated carbocycles. The molecule has 2 aromatic carbocycles. The number of fused-ring (bicyclic) bond motifs is 1. The average molecular weight is 652 g/mol. The standard InChI is InChI=1S/C33H41N5O7S/c1-19-20(2)28(21(3)24-15-16-33(4,5)45-27(19)24)46(43,44)38-32(34)35-17-9-12-26(31(41)42)37-30(40)25-14-13-23(36-29(25)39)18-22-10-7-6-8-11-22/h6-8,10-11,13-14,26H,9,12,15-18H2,1-5H3,(H,36,39)(H,37,40)(H,41,42)(H3,34,35,38)/t26-/m0/s1. The maximum atomic E-state index is 13.4. The Morgan fingerprint density at radius 3 is 2.43 bits per heavy atom. The molecule has 12 nitrogen and oxygen atoms in total. The van der Waals surface area contributed by atoms with Gasteiger partial charge in [0.25, 0.3) is 21.5 Å². The maximum Gasteiger partial charge on any atom is 0.326 e. The fraction of sp³-hybridized carbons (Fsp3) is 0.394. The maximum absolute atomic E-state index is 13.4. The number of benzene rings is 2. The molecule has 0 radical (unpaired) electrons. The van der Waals surface area contributed by atoms with Crippen LogP contribution in [0.15, 0.2) is 57.1 Å². The number of sulfonamides is 1. The molecule has 3 aromatic rings. The number of aliphatic carboxylic acids is 1. The zero-order valence-corrected chi connectivity index (χ0v) is 27.5. The highest BCUT2D eigenvalue weighted by Gasteiger charge is 2.33. The number of carboxylic acid groups (broad SMARTS) is 1. The Bertz CT molecular complexity index is 1830. The molecular weight excluding hydrogens is 610 g/mol. The van der Waals surface area contributed by atoms with Crippen molar-refractivity contribution in [2.45, 2.75) is 83.3 Å². The van der Waals surface area contributed by atoms with Gasteiger partial charge in [-0.1, -0.05) is 30.3 Å². The van der Waals surface area contributed by atoms with E-state index in [4.69, 9.17) is 10.5 Å². The molecule has 1 aliphatic rings.